The predicted molar refractivity (Wildman–Crippen MR) is 96.2 cm³/mol. The second kappa shape index (κ2) is 12.2. The maximum atomic E-state index is 11.5. The van der Waals surface area contributed by atoms with E-state index in [4.69, 9.17) is 0 Å². The monoisotopic (exact) mass is 342 g/mol. The lowest BCUT2D eigenvalue weighted by atomic mass is 9.99. The third-order valence-electron chi connectivity index (χ3n) is 3.30. The minimum Gasteiger partial charge on any atom is -0.354 e. The van der Waals surface area contributed by atoms with Crippen molar-refractivity contribution in [3.8, 4) is 0 Å². The molecule has 0 aromatic rings. The number of carbonyl (C=O) groups is 3. The minimum absolute atomic E-state index is 0.0106. The van der Waals surface area contributed by atoms with Gasteiger partial charge in [0.05, 0.1) is 0 Å². The van der Waals surface area contributed by atoms with E-state index in [0.29, 0.717) is 17.7 Å². The van der Waals surface area contributed by atoms with Crippen LogP contribution in [0.15, 0.2) is 12.2 Å². The van der Waals surface area contributed by atoms with Crippen molar-refractivity contribution in [2.45, 2.75) is 71.9 Å². The van der Waals surface area contributed by atoms with E-state index < -0.39 is 0 Å². The zero-order chi connectivity index (χ0) is 17.8. The Morgan fingerprint density at radius 1 is 1.00 bits per heavy atom. The van der Waals surface area contributed by atoms with Gasteiger partial charge in [-0.05, 0) is 38.2 Å². The molecule has 0 rings (SSSR count). The molecule has 2 atom stereocenters. The molecule has 0 saturated carbocycles. The van der Waals surface area contributed by atoms with Gasteiger partial charge in [-0.1, -0.05) is 31.7 Å². The fourth-order valence-corrected chi connectivity index (χ4v) is 3.13. The molecule has 23 heavy (non-hydrogen) atoms. The number of hydrogen-bond donors (Lipinski definition) is 2. The summed E-state index contributed by atoms with van der Waals surface area (Å²) in [4.78, 5) is 34.2. The molecule has 5 nitrogen and oxygen atoms in total. The summed E-state index contributed by atoms with van der Waals surface area (Å²) in [6.07, 6.45) is 4.19. The van der Waals surface area contributed by atoms with Crippen molar-refractivity contribution in [3.05, 3.63) is 12.2 Å². The molecule has 0 heterocycles. The average Bonchev–Trinajstić information content (AvgIpc) is 2.41. The van der Waals surface area contributed by atoms with Crippen molar-refractivity contribution in [3.63, 3.8) is 0 Å². The van der Waals surface area contributed by atoms with E-state index in [1.54, 1.807) is 6.92 Å². The molecule has 0 spiro atoms. The van der Waals surface area contributed by atoms with Gasteiger partial charge in [-0.3, -0.25) is 14.4 Å². The summed E-state index contributed by atoms with van der Waals surface area (Å²) in [5, 5.41) is 5.91. The Labute approximate surface area is 144 Å². The van der Waals surface area contributed by atoms with Gasteiger partial charge in [0.1, 0.15) is 0 Å². The van der Waals surface area contributed by atoms with Gasteiger partial charge >= 0.3 is 0 Å². The zero-order valence-corrected chi connectivity index (χ0v) is 15.6. The normalized spacial score (nSPS) is 13.0. The van der Waals surface area contributed by atoms with Gasteiger partial charge in [0.2, 0.25) is 16.9 Å². The Morgan fingerprint density at radius 3 is 1.96 bits per heavy atom. The molecule has 0 radical (unpaired) electrons. The standard InChI is InChI=1S/C17H30N2O3S/c1-6-8-15(18-13(4)20)11-16(19-14(5)21)9-7-10-23-17(22)12(2)3/h15-16H,2,6-11H2,1,3-5H3,(H,18,20)(H,19,21). The van der Waals surface area contributed by atoms with E-state index in [1.165, 1.54) is 25.6 Å². The Balaban J connectivity index is 4.43. The Hall–Kier alpha value is -1.30. The fraction of sp³-hybridized carbons (Fsp3) is 0.706. The molecule has 2 unspecified atom stereocenters. The molecule has 0 aromatic carbocycles. The molecular formula is C17H30N2O3S. The second-order valence-corrected chi connectivity index (χ2v) is 6.95. The van der Waals surface area contributed by atoms with Gasteiger partial charge in [0.15, 0.2) is 0 Å². The SMILES string of the molecule is C=C(C)C(=O)SCCCC(CC(CCC)NC(C)=O)NC(C)=O. The van der Waals surface area contributed by atoms with Crippen LogP contribution in [-0.4, -0.2) is 34.8 Å². The highest BCUT2D eigenvalue weighted by Crippen LogP contribution is 2.15. The van der Waals surface area contributed by atoms with Crippen molar-refractivity contribution in [2.24, 2.45) is 0 Å². The van der Waals surface area contributed by atoms with Gasteiger partial charge in [-0.15, -0.1) is 0 Å². The highest BCUT2D eigenvalue weighted by molar-refractivity contribution is 8.14. The Bertz CT molecular complexity index is 424. The highest BCUT2D eigenvalue weighted by Gasteiger charge is 2.17. The largest absolute Gasteiger partial charge is 0.354 e. The van der Waals surface area contributed by atoms with Crippen LogP contribution >= 0.6 is 11.8 Å². The average molecular weight is 343 g/mol. The molecule has 0 aliphatic rings. The van der Waals surface area contributed by atoms with Gasteiger partial charge in [-0.2, -0.15) is 0 Å². The van der Waals surface area contributed by atoms with Gasteiger partial charge in [-0.25, -0.2) is 0 Å². The van der Waals surface area contributed by atoms with Crippen LogP contribution < -0.4 is 10.6 Å². The molecule has 2 amide bonds. The minimum atomic E-state index is -0.0706. The van der Waals surface area contributed by atoms with E-state index in [-0.39, 0.29) is 29.0 Å². The quantitative estimate of drug-likeness (QED) is 0.447. The molecule has 0 aliphatic carbocycles. The number of nitrogens with one attached hydrogen (secondary N) is 2. The van der Waals surface area contributed by atoms with Crippen LogP contribution in [0, 0.1) is 0 Å². The van der Waals surface area contributed by atoms with Crippen LogP contribution in [0.4, 0.5) is 0 Å². The number of carbonyl (C=O) groups excluding carboxylic acids is 3. The van der Waals surface area contributed by atoms with Crippen LogP contribution in [0.25, 0.3) is 0 Å². The lowest BCUT2D eigenvalue weighted by molar-refractivity contribution is -0.119. The number of hydrogen-bond acceptors (Lipinski definition) is 4. The predicted octanol–water partition coefficient (Wildman–Crippen LogP) is 2.80. The number of amides is 2. The maximum Gasteiger partial charge on any atom is 0.217 e. The maximum absolute atomic E-state index is 11.5. The van der Waals surface area contributed by atoms with E-state index >= 15 is 0 Å². The first kappa shape index (κ1) is 21.7. The first-order valence-corrected chi connectivity index (χ1v) is 9.11. The summed E-state index contributed by atoms with van der Waals surface area (Å²) in [5.74, 6) is 0.590. The number of thioether (sulfide) groups is 1. The molecular weight excluding hydrogens is 312 g/mol. The molecule has 0 saturated heterocycles. The summed E-state index contributed by atoms with van der Waals surface area (Å²) in [6.45, 7) is 10.4. The highest BCUT2D eigenvalue weighted by atomic mass is 32.2. The van der Waals surface area contributed by atoms with E-state index in [0.717, 1.165) is 25.7 Å². The van der Waals surface area contributed by atoms with Crippen molar-refractivity contribution in [1.29, 1.82) is 0 Å². The first-order chi connectivity index (χ1) is 10.8. The van der Waals surface area contributed by atoms with Gasteiger partial charge in [0, 0.05) is 31.7 Å². The lowest BCUT2D eigenvalue weighted by Gasteiger charge is -2.24. The molecule has 0 aliphatic heterocycles. The van der Waals surface area contributed by atoms with E-state index in [9.17, 15) is 14.4 Å². The summed E-state index contributed by atoms with van der Waals surface area (Å²) in [5.41, 5.74) is 0.557. The summed E-state index contributed by atoms with van der Waals surface area (Å²) in [7, 11) is 0. The fourth-order valence-electron chi connectivity index (χ4n) is 2.38. The van der Waals surface area contributed by atoms with Gasteiger partial charge < -0.3 is 10.6 Å². The van der Waals surface area contributed by atoms with Crippen LogP contribution in [0.2, 0.25) is 0 Å². The lowest BCUT2D eigenvalue weighted by Crippen LogP contribution is -2.42. The molecule has 0 bridgehead atoms. The summed E-state index contributed by atoms with van der Waals surface area (Å²) in [6, 6.07) is 0.0792. The van der Waals surface area contributed by atoms with Gasteiger partial charge in [0.25, 0.3) is 0 Å². The molecule has 6 heteroatoms. The Morgan fingerprint density at radius 2 is 1.52 bits per heavy atom. The van der Waals surface area contributed by atoms with Crippen molar-refractivity contribution in [2.75, 3.05) is 5.75 Å². The topological polar surface area (TPSA) is 75.3 Å². The molecule has 132 valence electrons. The van der Waals surface area contributed by atoms with Crippen LogP contribution in [0.1, 0.15) is 59.8 Å². The van der Waals surface area contributed by atoms with Crippen LogP contribution in [0.3, 0.4) is 0 Å². The second-order valence-electron chi connectivity index (χ2n) is 5.88. The smallest absolute Gasteiger partial charge is 0.217 e. The third-order valence-corrected chi connectivity index (χ3v) is 4.40. The number of rotatable bonds is 11. The third kappa shape index (κ3) is 11.9. The molecule has 0 aromatic heterocycles. The van der Waals surface area contributed by atoms with Crippen LogP contribution in [-0.2, 0) is 14.4 Å². The van der Waals surface area contributed by atoms with Crippen LogP contribution in [0.5, 0.6) is 0 Å². The van der Waals surface area contributed by atoms with E-state index in [2.05, 4.69) is 24.1 Å². The zero-order valence-electron chi connectivity index (χ0n) is 14.7. The molecule has 0 fully saturated rings. The van der Waals surface area contributed by atoms with Crippen molar-refractivity contribution >= 4 is 28.7 Å². The Kier molecular flexibility index (Phi) is 11.5. The first-order valence-electron chi connectivity index (χ1n) is 8.13. The summed E-state index contributed by atoms with van der Waals surface area (Å²) >= 11 is 1.26. The molecule has 2 N–H and O–H groups in total. The summed E-state index contributed by atoms with van der Waals surface area (Å²) < 4.78 is 0. The van der Waals surface area contributed by atoms with E-state index in [1.807, 2.05) is 0 Å². The van der Waals surface area contributed by atoms with Crippen molar-refractivity contribution < 1.29 is 14.4 Å². The van der Waals surface area contributed by atoms with Crippen molar-refractivity contribution in [1.82, 2.24) is 10.6 Å².